The molecule has 0 bridgehead atoms. The molecule has 0 unspecified atom stereocenters. The fourth-order valence-corrected chi connectivity index (χ4v) is 7.01. The maximum atomic E-state index is 15.1. The number of urea groups is 2. The molecule has 0 atom stereocenters. The van der Waals surface area contributed by atoms with Gasteiger partial charge in [-0.3, -0.25) is 19.8 Å². The van der Waals surface area contributed by atoms with Crippen molar-refractivity contribution in [3.8, 4) is 0 Å². The molecule has 408 valence electrons. The van der Waals surface area contributed by atoms with E-state index in [0.717, 1.165) is 42.0 Å². The third-order valence-electron chi connectivity index (χ3n) is 10.5. The fourth-order valence-electron chi connectivity index (χ4n) is 7.01. The Balaban J connectivity index is 0.000000324. The van der Waals surface area contributed by atoms with Gasteiger partial charge in [0, 0.05) is 113 Å². The van der Waals surface area contributed by atoms with Crippen LogP contribution in [0.1, 0.15) is 97.7 Å². The molecule has 7 rings (SSSR count). The number of piperazine rings is 2. The van der Waals surface area contributed by atoms with Crippen LogP contribution in [0.4, 0.5) is 50.7 Å². The van der Waals surface area contributed by atoms with Crippen molar-refractivity contribution in [2.24, 2.45) is 17.8 Å². The van der Waals surface area contributed by atoms with E-state index < -0.39 is 29.8 Å². The molecule has 74 heavy (non-hydrogen) atoms. The van der Waals surface area contributed by atoms with Crippen LogP contribution in [0.15, 0.2) is 73.1 Å². The Kier molecular flexibility index (Phi) is 27.3. The number of halogens is 2. The van der Waals surface area contributed by atoms with Gasteiger partial charge < -0.3 is 45.6 Å². The molecule has 3 aliphatic rings. The summed E-state index contributed by atoms with van der Waals surface area (Å²) in [6.07, 6.45) is 3.27. The van der Waals surface area contributed by atoms with E-state index in [9.17, 15) is 23.6 Å². The highest BCUT2D eigenvalue weighted by Gasteiger charge is 2.27. The zero-order valence-corrected chi connectivity index (χ0v) is 45.5. The van der Waals surface area contributed by atoms with Crippen molar-refractivity contribution in [3.63, 3.8) is 0 Å². The monoisotopic (exact) mass is 1030 g/mol. The molecule has 19 heteroatoms. The number of anilines is 4. The molecule has 0 spiro atoms. The van der Waals surface area contributed by atoms with E-state index >= 15 is 4.39 Å². The van der Waals surface area contributed by atoms with Crippen molar-refractivity contribution in [2.75, 3.05) is 86.8 Å². The van der Waals surface area contributed by atoms with E-state index in [-0.39, 0.29) is 23.6 Å². The summed E-state index contributed by atoms with van der Waals surface area (Å²) in [6, 6.07) is 15.6. The molecule has 6 amide bonds. The zero-order chi connectivity index (χ0) is 54.7. The SMILES string of the molecule is CC(C)C.CC(C)C.CC(C)C.Cc1cc(NC(=O)Nc2cccc(CN3CCN(C(=O)OC4CCOCC4)CC3)c2F)ccn1.Cc1ccc(NC(=O)Nc2cccc(CN3CCN(C(=O)O)CC3)c2F)cn1. The van der Waals surface area contributed by atoms with E-state index in [4.69, 9.17) is 14.6 Å². The minimum atomic E-state index is -0.938. The van der Waals surface area contributed by atoms with Crippen molar-refractivity contribution in [1.82, 2.24) is 29.6 Å². The highest BCUT2D eigenvalue weighted by molar-refractivity contribution is 6.00. The van der Waals surface area contributed by atoms with Crippen LogP contribution in [-0.2, 0) is 22.6 Å². The molecule has 0 aliphatic carbocycles. The Morgan fingerprint density at radius 2 is 1.08 bits per heavy atom. The summed E-state index contributed by atoms with van der Waals surface area (Å²) in [4.78, 5) is 63.1. The summed E-state index contributed by atoms with van der Waals surface area (Å²) in [6.45, 7) is 29.3. The largest absolute Gasteiger partial charge is 0.465 e. The van der Waals surface area contributed by atoms with Crippen LogP contribution >= 0.6 is 0 Å². The number of amides is 6. The summed E-state index contributed by atoms with van der Waals surface area (Å²) < 4.78 is 40.8. The highest BCUT2D eigenvalue weighted by atomic mass is 19.1. The molecular weight excluding hydrogens is 951 g/mol. The Labute approximate surface area is 437 Å². The smallest absolute Gasteiger partial charge is 0.410 e. The molecule has 0 radical (unpaired) electrons. The quantitative estimate of drug-likeness (QED) is 0.107. The number of nitrogens with one attached hydrogen (secondary N) is 4. The van der Waals surface area contributed by atoms with Gasteiger partial charge in [0.05, 0.1) is 36.5 Å². The number of nitrogens with zero attached hydrogens (tertiary/aromatic N) is 6. The van der Waals surface area contributed by atoms with E-state index in [1.165, 1.54) is 23.2 Å². The average Bonchev–Trinajstić information content (AvgIpc) is 3.33. The summed E-state index contributed by atoms with van der Waals surface area (Å²) in [7, 11) is 0. The molecule has 3 aliphatic heterocycles. The lowest BCUT2D eigenvalue weighted by Crippen LogP contribution is -2.49. The molecule has 2 aromatic heterocycles. The zero-order valence-electron chi connectivity index (χ0n) is 45.5. The van der Waals surface area contributed by atoms with Crippen LogP contribution in [0, 0.1) is 43.2 Å². The lowest BCUT2D eigenvalue weighted by Gasteiger charge is -2.35. The molecule has 3 saturated heterocycles. The van der Waals surface area contributed by atoms with Gasteiger partial charge >= 0.3 is 24.2 Å². The molecule has 17 nitrogen and oxygen atoms in total. The lowest BCUT2D eigenvalue weighted by molar-refractivity contribution is -0.0147. The van der Waals surface area contributed by atoms with Crippen LogP contribution in [0.2, 0.25) is 0 Å². The van der Waals surface area contributed by atoms with Crippen molar-refractivity contribution in [2.45, 2.75) is 108 Å². The van der Waals surface area contributed by atoms with Crippen LogP contribution in [-0.4, -0.2) is 131 Å². The number of carbonyl (C=O) groups excluding carboxylic acids is 3. The third-order valence-corrected chi connectivity index (χ3v) is 10.5. The normalized spacial score (nSPS) is 14.9. The van der Waals surface area contributed by atoms with E-state index in [0.29, 0.717) is 101 Å². The van der Waals surface area contributed by atoms with Crippen molar-refractivity contribution >= 4 is 47.0 Å². The number of hydrogen-bond acceptors (Lipinski definition) is 10. The Hall–Kier alpha value is -6.44. The summed E-state index contributed by atoms with van der Waals surface area (Å²) in [5.74, 6) is 1.53. The Bertz CT molecular complexity index is 2300. The van der Waals surface area contributed by atoms with Gasteiger partial charge in [0.1, 0.15) is 6.10 Å². The summed E-state index contributed by atoms with van der Waals surface area (Å²) in [5.41, 5.74) is 3.80. The Morgan fingerprint density at radius 1 is 0.622 bits per heavy atom. The minimum Gasteiger partial charge on any atom is -0.465 e. The maximum Gasteiger partial charge on any atom is 0.410 e. The number of aromatic nitrogens is 2. The highest BCUT2D eigenvalue weighted by Crippen LogP contribution is 2.23. The van der Waals surface area contributed by atoms with E-state index in [1.54, 1.807) is 59.6 Å². The topological polar surface area (TPSA) is 194 Å². The lowest BCUT2D eigenvalue weighted by atomic mass is 10.1. The predicted octanol–water partition coefficient (Wildman–Crippen LogP) is 11.6. The van der Waals surface area contributed by atoms with Crippen LogP contribution in [0.5, 0.6) is 0 Å². The first-order valence-corrected chi connectivity index (χ1v) is 25.6. The molecule has 5 heterocycles. The standard InChI is InChI=1S/C24H30FN5O4.C19H22FN5O3.3C4H10/c1-17-15-19(5-8-26-17)27-23(31)28-21-4-2-3-18(22(21)25)16-29-9-11-30(12-10-29)24(32)34-20-6-13-33-14-7-20;1-13-5-6-15(11-21-13)22-18(26)23-16-4-2-3-14(17(16)20)12-24-7-9-25(10-8-24)19(27)28;3*1-4(2)3/h2-5,8,15,20H,6-7,9-14,16H2,1H3,(H2,26,27,28,31);2-6,11H,7-10,12H2,1H3,(H,27,28)(H2,22,23,26);3*4H,1-3H3. The van der Waals surface area contributed by atoms with Gasteiger partial charge in [-0.25, -0.2) is 28.0 Å². The second-order valence-corrected chi connectivity index (χ2v) is 20.3. The number of pyridine rings is 2. The van der Waals surface area contributed by atoms with Gasteiger partial charge in [0.2, 0.25) is 0 Å². The van der Waals surface area contributed by atoms with Gasteiger partial charge in [-0.15, -0.1) is 0 Å². The van der Waals surface area contributed by atoms with Crippen molar-refractivity contribution in [3.05, 3.63) is 107 Å². The molecule has 0 saturated carbocycles. The van der Waals surface area contributed by atoms with Crippen LogP contribution in [0.25, 0.3) is 0 Å². The minimum absolute atomic E-state index is 0.0802. The molecule has 2 aromatic carbocycles. The Morgan fingerprint density at radius 3 is 1.51 bits per heavy atom. The summed E-state index contributed by atoms with van der Waals surface area (Å²) >= 11 is 0. The van der Waals surface area contributed by atoms with Gasteiger partial charge in [-0.2, -0.15) is 0 Å². The van der Waals surface area contributed by atoms with Crippen LogP contribution in [0.3, 0.4) is 0 Å². The number of benzene rings is 2. The number of aryl methyl sites for hydroxylation is 2. The number of carboxylic acid groups (broad SMARTS) is 1. The fraction of sp³-hybridized carbons (Fsp3) is 0.527. The van der Waals surface area contributed by atoms with Crippen molar-refractivity contribution < 1.29 is 42.5 Å². The predicted molar refractivity (Wildman–Crippen MR) is 290 cm³/mol. The van der Waals surface area contributed by atoms with Gasteiger partial charge in [0.15, 0.2) is 11.6 Å². The average molecular weight is 1030 g/mol. The first-order valence-electron chi connectivity index (χ1n) is 25.6. The second-order valence-electron chi connectivity index (χ2n) is 20.3. The van der Waals surface area contributed by atoms with Crippen molar-refractivity contribution in [1.29, 1.82) is 0 Å². The van der Waals surface area contributed by atoms with Gasteiger partial charge in [-0.05, 0) is 68.0 Å². The first kappa shape index (κ1) is 61.9. The number of rotatable bonds is 9. The summed E-state index contributed by atoms with van der Waals surface area (Å²) in [5, 5.41) is 19.4. The second kappa shape index (κ2) is 32.7. The number of carbonyl (C=O) groups is 4. The first-order chi connectivity index (χ1) is 35.1. The number of ether oxygens (including phenoxy) is 2. The molecule has 3 fully saturated rings. The van der Waals surface area contributed by atoms with E-state index in [2.05, 4.69) is 98.4 Å². The molecule has 5 N–H and O–H groups in total. The third kappa shape index (κ3) is 24.5. The van der Waals surface area contributed by atoms with Crippen LogP contribution < -0.4 is 21.3 Å². The number of hydrogen-bond donors (Lipinski definition) is 5. The van der Waals surface area contributed by atoms with Gasteiger partial charge in [-0.1, -0.05) is 86.6 Å². The van der Waals surface area contributed by atoms with E-state index in [1.807, 2.05) is 18.7 Å². The maximum absolute atomic E-state index is 15.1. The van der Waals surface area contributed by atoms with Gasteiger partial charge in [0.25, 0.3) is 0 Å². The molecule has 4 aromatic rings. The molecular formula is C55H82F2N10O7.